The molecule has 0 N–H and O–H groups in total. The average Bonchev–Trinajstić information content (AvgIpc) is 3.14. The molecule has 4 aromatic carbocycles. The van der Waals surface area contributed by atoms with Gasteiger partial charge in [0, 0.05) is 50.8 Å². The number of aryl methyl sites for hydroxylation is 2. The number of hydrogen-bond acceptors (Lipinski definition) is 6. The Balaban J connectivity index is 0.952. The van der Waals surface area contributed by atoms with E-state index < -0.39 is 0 Å². The fraction of sp³-hybridized carbons (Fsp3) is 0.256. The Labute approximate surface area is 310 Å². The third kappa shape index (κ3) is 10.2. The summed E-state index contributed by atoms with van der Waals surface area (Å²) in [6, 6.07) is 30.4. The molecule has 0 aliphatic carbocycles. The highest BCUT2D eigenvalue weighted by molar-refractivity contribution is 6.32. The molecule has 0 radical (unpaired) electrons. The van der Waals surface area contributed by atoms with Gasteiger partial charge in [-0.3, -0.25) is 9.69 Å². The van der Waals surface area contributed by atoms with Crippen molar-refractivity contribution in [3.8, 4) is 23.1 Å². The van der Waals surface area contributed by atoms with Gasteiger partial charge in [-0.25, -0.2) is 9.37 Å². The van der Waals surface area contributed by atoms with Gasteiger partial charge < -0.3 is 19.1 Å². The molecule has 1 fully saturated rings. The van der Waals surface area contributed by atoms with Crippen LogP contribution in [-0.2, 0) is 24.4 Å². The molecule has 9 heteroatoms. The normalized spacial score (nSPS) is 14.8. The summed E-state index contributed by atoms with van der Waals surface area (Å²) in [6.45, 7) is 10.0. The van der Waals surface area contributed by atoms with E-state index in [2.05, 4.69) is 60.1 Å². The quantitative estimate of drug-likeness (QED) is 0.113. The van der Waals surface area contributed by atoms with Crippen molar-refractivity contribution in [1.82, 2.24) is 14.8 Å². The lowest BCUT2D eigenvalue weighted by atomic mass is 10.1. The summed E-state index contributed by atoms with van der Waals surface area (Å²) in [5.41, 5.74) is 6.34. The number of piperazine rings is 1. The maximum atomic E-state index is 13.2. The Morgan fingerprint density at radius 3 is 2.29 bits per heavy atom. The number of benzene rings is 4. The second-order valence-corrected chi connectivity index (χ2v) is 13.6. The summed E-state index contributed by atoms with van der Waals surface area (Å²) in [5, 5.41) is 0.433. The molecule has 1 atom stereocenters. The number of aromatic nitrogens is 1. The molecular weight excluding hydrogens is 677 g/mol. The van der Waals surface area contributed by atoms with Crippen LogP contribution >= 0.6 is 11.6 Å². The number of nitrogens with zero attached hydrogens (tertiary/aromatic N) is 3. The number of carbonyl (C=O) groups excluding carboxylic acids is 1. The predicted octanol–water partition coefficient (Wildman–Crippen LogP) is 9.23. The minimum absolute atomic E-state index is 0.0262. The molecule has 5 aromatic rings. The number of carbonyl (C=O) groups is 1. The van der Waals surface area contributed by atoms with Crippen LogP contribution in [0.4, 0.5) is 4.39 Å². The monoisotopic (exact) mass is 719 g/mol. The lowest BCUT2D eigenvalue weighted by Crippen LogP contribution is -2.52. The molecule has 0 spiro atoms. The van der Waals surface area contributed by atoms with Crippen LogP contribution in [0.1, 0.15) is 40.3 Å². The zero-order chi connectivity index (χ0) is 36.5. The van der Waals surface area contributed by atoms with Crippen LogP contribution < -0.4 is 14.2 Å². The zero-order valence-electron chi connectivity index (χ0n) is 29.7. The first-order valence-corrected chi connectivity index (χ1v) is 17.9. The van der Waals surface area contributed by atoms with Gasteiger partial charge in [-0.2, -0.15) is 0 Å². The zero-order valence-corrected chi connectivity index (χ0v) is 30.5. The molecule has 1 aliphatic rings. The maximum absolute atomic E-state index is 13.2. The lowest BCUT2D eigenvalue weighted by molar-refractivity contribution is -0.128. The predicted molar refractivity (Wildman–Crippen MR) is 204 cm³/mol. The standard InChI is InChI=1S/C43H43ClFN3O4/c1-30-4-6-35(7-5-30)29-51-39-17-18-41(46-26-39)52-43-31(2)24-36(25-40(43)44)12-19-42(49)48-22-21-47(32(3)27-48)28-34-10-8-33(9-11-34)20-23-50-38-15-13-37(45)14-16-38/h4-19,24-26,32H,20-23,27-29H2,1-3H3. The van der Waals surface area contributed by atoms with E-state index in [1.54, 1.807) is 42.6 Å². The summed E-state index contributed by atoms with van der Waals surface area (Å²) in [6.07, 6.45) is 5.81. The third-order valence-electron chi connectivity index (χ3n) is 9.07. The molecule has 1 unspecified atom stereocenters. The molecule has 1 saturated heterocycles. The van der Waals surface area contributed by atoms with Gasteiger partial charge in [0.25, 0.3) is 0 Å². The van der Waals surface area contributed by atoms with Crippen molar-refractivity contribution >= 4 is 23.6 Å². The molecule has 6 rings (SSSR count). The van der Waals surface area contributed by atoms with Gasteiger partial charge in [0.2, 0.25) is 11.8 Å². The summed E-state index contributed by atoms with van der Waals surface area (Å²) in [7, 11) is 0. The molecule has 0 saturated carbocycles. The van der Waals surface area contributed by atoms with Crippen LogP contribution in [0.15, 0.2) is 109 Å². The maximum Gasteiger partial charge on any atom is 0.246 e. The second-order valence-electron chi connectivity index (χ2n) is 13.2. The number of rotatable bonds is 13. The number of ether oxygens (including phenoxy) is 3. The van der Waals surface area contributed by atoms with Crippen LogP contribution in [0, 0.1) is 19.7 Å². The van der Waals surface area contributed by atoms with Crippen LogP contribution in [-0.4, -0.2) is 53.0 Å². The highest BCUT2D eigenvalue weighted by atomic mass is 35.5. The van der Waals surface area contributed by atoms with Gasteiger partial charge in [0.1, 0.15) is 23.9 Å². The molecule has 0 bridgehead atoms. The van der Waals surface area contributed by atoms with Crippen molar-refractivity contribution in [2.45, 2.75) is 46.4 Å². The molecule has 7 nitrogen and oxygen atoms in total. The van der Waals surface area contributed by atoms with E-state index >= 15 is 0 Å². The molecule has 1 amide bonds. The van der Waals surface area contributed by atoms with Crippen molar-refractivity contribution < 1.29 is 23.4 Å². The Morgan fingerprint density at radius 2 is 1.60 bits per heavy atom. The van der Waals surface area contributed by atoms with E-state index in [0.717, 1.165) is 36.2 Å². The van der Waals surface area contributed by atoms with Crippen molar-refractivity contribution in [2.75, 3.05) is 26.2 Å². The van der Waals surface area contributed by atoms with Crippen molar-refractivity contribution in [3.63, 3.8) is 0 Å². The first-order valence-electron chi connectivity index (χ1n) is 17.5. The molecule has 1 aliphatic heterocycles. The Hall–Kier alpha value is -5.18. The minimum Gasteiger partial charge on any atom is -0.493 e. The van der Waals surface area contributed by atoms with Crippen LogP contribution in [0.5, 0.6) is 23.1 Å². The summed E-state index contributed by atoms with van der Waals surface area (Å²) in [5.74, 6) is 1.93. The van der Waals surface area contributed by atoms with Gasteiger partial charge >= 0.3 is 0 Å². The summed E-state index contributed by atoms with van der Waals surface area (Å²) in [4.78, 5) is 21.9. The third-order valence-corrected chi connectivity index (χ3v) is 9.35. The van der Waals surface area contributed by atoms with Gasteiger partial charge in [-0.1, -0.05) is 65.7 Å². The van der Waals surface area contributed by atoms with E-state index in [1.807, 2.05) is 36.1 Å². The van der Waals surface area contributed by atoms with E-state index in [0.29, 0.717) is 54.5 Å². The molecule has 2 heterocycles. The van der Waals surface area contributed by atoms with Crippen molar-refractivity contribution in [2.24, 2.45) is 0 Å². The van der Waals surface area contributed by atoms with Gasteiger partial charge in [-0.05, 0) is 97.1 Å². The van der Waals surface area contributed by atoms with Crippen LogP contribution in [0.2, 0.25) is 5.02 Å². The van der Waals surface area contributed by atoms with Crippen LogP contribution in [0.25, 0.3) is 6.08 Å². The largest absolute Gasteiger partial charge is 0.493 e. The van der Waals surface area contributed by atoms with Crippen molar-refractivity contribution in [3.05, 3.63) is 154 Å². The van der Waals surface area contributed by atoms with E-state index in [4.69, 9.17) is 25.8 Å². The smallest absolute Gasteiger partial charge is 0.246 e. The highest BCUT2D eigenvalue weighted by Gasteiger charge is 2.25. The number of halogens is 2. The van der Waals surface area contributed by atoms with Crippen LogP contribution in [0.3, 0.4) is 0 Å². The highest BCUT2D eigenvalue weighted by Crippen LogP contribution is 2.34. The molecule has 52 heavy (non-hydrogen) atoms. The number of amides is 1. The first kappa shape index (κ1) is 36.6. The van der Waals surface area contributed by atoms with Gasteiger partial charge in [-0.15, -0.1) is 0 Å². The molecule has 268 valence electrons. The number of hydrogen-bond donors (Lipinski definition) is 0. The average molecular weight is 720 g/mol. The van der Waals surface area contributed by atoms with Gasteiger partial charge in [0.05, 0.1) is 17.8 Å². The second kappa shape index (κ2) is 17.4. The Morgan fingerprint density at radius 1 is 0.885 bits per heavy atom. The SMILES string of the molecule is Cc1ccc(COc2ccc(Oc3c(C)cc(C=CC(=O)N4CCN(Cc5ccc(CCOc6ccc(F)cc6)cc5)C(C)C4)cc3Cl)nc2)cc1. The number of pyridine rings is 1. The Kier molecular flexibility index (Phi) is 12.2. The summed E-state index contributed by atoms with van der Waals surface area (Å²) < 4.78 is 30.7. The van der Waals surface area contributed by atoms with Crippen molar-refractivity contribution in [1.29, 1.82) is 0 Å². The summed E-state index contributed by atoms with van der Waals surface area (Å²) >= 11 is 6.64. The first-order chi connectivity index (χ1) is 25.2. The fourth-order valence-electron chi connectivity index (χ4n) is 6.02. The fourth-order valence-corrected chi connectivity index (χ4v) is 6.33. The van der Waals surface area contributed by atoms with E-state index in [1.165, 1.54) is 28.8 Å². The van der Waals surface area contributed by atoms with Gasteiger partial charge in [0.15, 0.2) is 5.75 Å². The lowest BCUT2D eigenvalue weighted by Gasteiger charge is -2.39. The topological polar surface area (TPSA) is 64.1 Å². The molecular formula is C43H43ClFN3O4. The van der Waals surface area contributed by atoms with E-state index in [-0.39, 0.29) is 17.8 Å². The Bertz CT molecular complexity index is 1940. The van der Waals surface area contributed by atoms with E-state index in [9.17, 15) is 9.18 Å². The minimum atomic E-state index is -0.272. The molecule has 1 aromatic heterocycles.